The quantitative estimate of drug-likeness (QED) is 0.876. The topological polar surface area (TPSA) is 66.4 Å². The molecule has 1 fully saturated rings. The van der Waals surface area contributed by atoms with Gasteiger partial charge in [0.1, 0.15) is 0 Å². The Morgan fingerprint density at radius 1 is 1.27 bits per heavy atom. The predicted molar refractivity (Wildman–Crippen MR) is 87.2 cm³/mol. The lowest BCUT2D eigenvalue weighted by Gasteiger charge is -2.40. The molecule has 0 bridgehead atoms. The smallest absolute Gasteiger partial charge is 0.337 e. The molecule has 1 saturated carbocycles. The third-order valence-electron chi connectivity index (χ3n) is 4.45. The van der Waals surface area contributed by atoms with Gasteiger partial charge in [0.25, 0.3) is 0 Å². The molecule has 2 atom stereocenters. The van der Waals surface area contributed by atoms with Crippen LogP contribution in [0.4, 0.5) is 5.69 Å². The van der Waals surface area contributed by atoms with E-state index in [-0.39, 0.29) is 22.8 Å². The lowest BCUT2D eigenvalue weighted by atomic mass is 9.66. The third-order valence-corrected chi connectivity index (χ3v) is 4.45. The zero-order valence-electron chi connectivity index (χ0n) is 13.8. The number of carbonyl (C=O) groups is 2. The molecule has 0 heterocycles. The Labute approximate surface area is 131 Å². The Balaban J connectivity index is 2.47. The zero-order valence-corrected chi connectivity index (χ0v) is 13.8. The molecule has 2 N–H and O–H groups in total. The fourth-order valence-corrected chi connectivity index (χ4v) is 3.99. The molecule has 0 spiro atoms. The number of carboxylic acids is 1. The summed E-state index contributed by atoms with van der Waals surface area (Å²) in [5.74, 6) is -0.376. The van der Waals surface area contributed by atoms with Crippen molar-refractivity contribution >= 4 is 17.6 Å². The number of carboxylic acid groups (broad SMARTS) is 1. The molecule has 4 heteroatoms. The van der Waals surface area contributed by atoms with Gasteiger partial charge in [-0.3, -0.25) is 4.79 Å². The molecular formula is C18H25NO3. The number of hydrogen-bond donors (Lipinski definition) is 2. The average Bonchev–Trinajstić information content (AvgIpc) is 2.35. The highest BCUT2D eigenvalue weighted by Crippen LogP contribution is 2.47. The highest BCUT2D eigenvalue weighted by molar-refractivity contribution is 6.01. The number of benzene rings is 1. The maximum atomic E-state index is 11.5. The molecule has 2 rings (SSSR count). The van der Waals surface area contributed by atoms with Crippen LogP contribution in [-0.4, -0.2) is 17.0 Å². The number of rotatable bonds is 3. The molecule has 1 aliphatic rings. The minimum absolute atomic E-state index is 0.170. The lowest BCUT2D eigenvalue weighted by Crippen LogP contribution is -2.27. The van der Waals surface area contributed by atoms with Crippen LogP contribution < -0.4 is 5.32 Å². The molecule has 1 aromatic rings. The first-order chi connectivity index (χ1) is 10.2. The fourth-order valence-electron chi connectivity index (χ4n) is 3.99. The van der Waals surface area contributed by atoms with E-state index in [4.69, 9.17) is 0 Å². The van der Waals surface area contributed by atoms with E-state index in [0.29, 0.717) is 11.6 Å². The Kier molecular flexibility index (Phi) is 4.59. The first-order valence-corrected chi connectivity index (χ1v) is 7.83. The van der Waals surface area contributed by atoms with Gasteiger partial charge >= 0.3 is 5.97 Å². The van der Waals surface area contributed by atoms with Crippen LogP contribution in [0.2, 0.25) is 0 Å². The second kappa shape index (κ2) is 6.11. The zero-order chi connectivity index (χ0) is 16.5. The lowest BCUT2D eigenvalue weighted by molar-refractivity contribution is -0.114. The highest BCUT2D eigenvalue weighted by Gasteiger charge is 2.34. The molecule has 0 aliphatic heterocycles. The minimum atomic E-state index is -1.01. The number of amides is 1. The minimum Gasteiger partial charge on any atom is -0.478 e. The number of carbonyl (C=O) groups excluding carboxylic acids is 1. The third kappa shape index (κ3) is 3.67. The largest absolute Gasteiger partial charge is 0.478 e. The van der Waals surface area contributed by atoms with Gasteiger partial charge in [0.2, 0.25) is 5.91 Å². The van der Waals surface area contributed by atoms with Crippen LogP contribution in [0.5, 0.6) is 0 Å². The van der Waals surface area contributed by atoms with E-state index in [0.717, 1.165) is 18.4 Å². The van der Waals surface area contributed by atoms with E-state index in [1.54, 1.807) is 12.1 Å². The van der Waals surface area contributed by atoms with Crippen molar-refractivity contribution in [2.24, 2.45) is 11.3 Å². The SMILES string of the molecule is CC(=O)Nc1c(C(=O)O)cccc1C1CC(C)CC(C)(C)C1. The summed E-state index contributed by atoms with van der Waals surface area (Å²) >= 11 is 0. The molecule has 0 aromatic heterocycles. The van der Waals surface area contributed by atoms with Gasteiger partial charge in [0.05, 0.1) is 11.3 Å². The maximum Gasteiger partial charge on any atom is 0.337 e. The van der Waals surface area contributed by atoms with Crippen LogP contribution in [-0.2, 0) is 4.79 Å². The van der Waals surface area contributed by atoms with E-state index in [1.807, 2.05) is 6.07 Å². The van der Waals surface area contributed by atoms with Crippen molar-refractivity contribution in [1.29, 1.82) is 0 Å². The molecule has 4 nitrogen and oxygen atoms in total. The monoisotopic (exact) mass is 303 g/mol. The molecule has 120 valence electrons. The number of para-hydroxylation sites is 1. The summed E-state index contributed by atoms with van der Waals surface area (Å²) in [6.45, 7) is 8.17. The summed E-state index contributed by atoms with van der Waals surface area (Å²) < 4.78 is 0. The molecule has 0 radical (unpaired) electrons. The highest BCUT2D eigenvalue weighted by atomic mass is 16.4. The molecule has 1 amide bonds. The van der Waals surface area contributed by atoms with Crippen molar-refractivity contribution in [3.8, 4) is 0 Å². The Bertz CT molecular complexity index is 592. The molecule has 0 saturated heterocycles. The first kappa shape index (κ1) is 16.5. The van der Waals surface area contributed by atoms with Crippen molar-refractivity contribution in [2.45, 2.75) is 52.9 Å². The van der Waals surface area contributed by atoms with Crippen LogP contribution in [0, 0.1) is 11.3 Å². The van der Waals surface area contributed by atoms with Gasteiger partial charge in [-0.25, -0.2) is 4.79 Å². The van der Waals surface area contributed by atoms with Crippen LogP contribution in [0.25, 0.3) is 0 Å². The first-order valence-electron chi connectivity index (χ1n) is 7.83. The standard InChI is InChI=1S/C18H25NO3/c1-11-8-13(10-18(3,4)9-11)14-6-5-7-15(17(21)22)16(14)19-12(2)20/h5-7,11,13H,8-10H2,1-4H3,(H,19,20)(H,21,22). The van der Waals surface area contributed by atoms with Gasteiger partial charge in [0, 0.05) is 6.92 Å². The van der Waals surface area contributed by atoms with Gasteiger partial charge in [-0.05, 0) is 48.1 Å². The van der Waals surface area contributed by atoms with E-state index in [9.17, 15) is 14.7 Å². The van der Waals surface area contributed by atoms with Crippen LogP contribution >= 0.6 is 0 Å². The maximum absolute atomic E-state index is 11.5. The van der Waals surface area contributed by atoms with E-state index < -0.39 is 5.97 Å². The van der Waals surface area contributed by atoms with Crippen molar-refractivity contribution in [3.05, 3.63) is 29.3 Å². The van der Waals surface area contributed by atoms with Crippen molar-refractivity contribution in [3.63, 3.8) is 0 Å². The van der Waals surface area contributed by atoms with Gasteiger partial charge < -0.3 is 10.4 Å². The van der Waals surface area contributed by atoms with Gasteiger partial charge in [-0.1, -0.05) is 32.9 Å². The van der Waals surface area contributed by atoms with Gasteiger partial charge in [-0.15, -0.1) is 0 Å². The van der Waals surface area contributed by atoms with Crippen LogP contribution in [0.15, 0.2) is 18.2 Å². The Morgan fingerprint density at radius 2 is 1.95 bits per heavy atom. The van der Waals surface area contributed by atoms with Crippen molar-refractivity contribution in [1.82, 2.24) is 0 Å². The summed E-state index contributed by atoms with van der Waals surface area (Å²) in [6.07, 6.45) is 3.21. The van der Waals surface area contributed by atoms with E-state index in [2.05, 4.69) is 26.1 Å². The number of anilines is 1. The van der Waals surface area contributed by atoms with Crippen molar-refractivity contribution in [2.75, 3.05) is 5.32 Å². The molecule has 1 aromatic carbocycles. The Morgan fingerprint density at radius 3 is 2.50 bits per heavy atom. The Hall–Kier alpha value is -1.84. The number of nitrogens with one attached hydrogen (secondary N) is 1. The van der Waals surface area contributed by atoms with Crippen LogP contribution in [0.1, 0.15) is 68.8 Å². The van der Waals surface area contributed by atoms with Gasteiger partial charge in [0.15, 0.2) is 0 Å². The summed E-state index contributed by atoms with van der Waals surface area (Å²) in [4.78, 5) is 23.0. The van der Waals surface area contributed by atoms with Gasteiger partial charge in [-0.2, -0.15) is 0 Å². The summed E-state index contributed by atoms with van der Waals surface area (Å²) in [7, 11) is 0. The molecule has 2 unspecified atom stereocenters. The fraction of sp³-hybridized carbons (Fsp3) is 0.556. The summed E-state index contributed by atoms with van der Waals surface area (Å²) in [6, 6.07) is 5.28. The van der Waals surface area contributed by atoms with Crippen LogP contribution in [0.3, 0.4) is 0 Å². The normalized spacial score (nSPS) is 23.8. The number of aromatic carboxylic acids is 1. The molecule has 22 heavy (non-hydrogen) atoms. The van der Waals surface area contributed by atoms with Crippen molar-refractivity contribution < 1.29 is 14.7 Å². The second-order valence-electron chi connectivity index (χ2n) is 7.37. The number of hydrogen-bond acceptors (Lipinski definition) is 2. The predicted octanol–water partition coefficient (Wildman–Crippen LogP) is 4.27. The second-order valence-corrected chi connectivity index (χ2v) is 7.37. The summed E-state index contributed by atoms with van der Waals surface area (Å²) in [5, 5.41) is 12.1. The van der Waals surface area contributed by atoms with E-state index >= 15 is 0 Å². The molecule has 1 aliphatic carbocycles. The average molecular weight is 303 g/mol. The summed E-state index contributed by atoms with van der Waals surface area (Å²) in [5.41, 5.74) is 1.82. The van der Waals surface area contributed by atoms with E-state index in [1.165, 1.54) is 13.3 Å². The molecular weight excluding hydrogens is 278 g/mol.